The molecule has 1 unspecified atom stereocenters. The molecule has 1 aliphatic rings. The van der Waals surface area contributed by atoms with Gasteiger partial charge in [0.1, 0.15) is 5.82 Å². The summed E-state index contributed by atoms with van der Waals surface area (Å²) in [6.07, 6.45) is 2.40. The van der Waals surface area contributed by atoms with Crippen molar-refractivity contribution in [3.63, 3.8) is 0 Å². The van der Waals surface area contributed by atoms with Gasteiger partial charge in [0.15, 0.2) is 5.76 Å². The summed E-state index contributed by atoms with van der Waals surface area (Å²) in [5, 5.41) is 6.37. The van der Waals surface area contributed by atoms with Gasteiger partial charge in [-0.1, -0.05) is 0 Å². The molecule has 3 heterocycles. The monoisotopic (exact) mass is 427 g/mol. The SMILES string of the molecule is Cc1cc(NC(=O)c2ccco2)sc1C(=O)NCC1CCN(c2ccc(F)cc2)C1. The third-order valence-corrected chi connectivity index (χ3v) is 6.29. The number of carbonyl (C=O) groups is 2. The van der Waals surface area contributed by atoms with Crippen LogP contribution >= 0.6 is 11.3 Å². The fourth-order valence-electron chi connectivity index (χ4n) is 3.55. The minimum atomic E-state index is -0.347. The maximum absolute atomic E-state index is 13.1. The first kappa shape index (κ1) is 20.2. The molecule has 2 N–H and O–H groups in total. The molecule has 0 radical (unpaired) electrons. The lowest BCUT2D eigenvalue weighted by molar-refractivity contribution is 0.0950. The number of carbonyl (C=O) groups excluding carboxylic acids is 2. The Bertz CT molecular complexity index is 1030. The molecule has 1 aliphatic heterocycles. The maximum atomic E-state index is 13.1. The molecule has 4 rings (SSSR count). The van der Waals surface area contributed by atoms with Crippen molar-refractivity contribution in [3.05, 3.63) is 70.7 Å². The summed E-state index contributed by atoms with van der Waals surface area (Å²) in [5.74, 6) is -0.180. The zero-order chi connectivity index (χ0) is 21.1. The molecule has 0 aliphatic carbocycles. The van der Waals surface area contributed by atoms with E-state index in [1.54, 1.807) is 30.3 Å². The maximum Gasteiger partial charge on any atom is 0.291 e. The lowest BCUT2D eigenvalue weighted by Crippen LogP contribution is -2.30. The lowest BCUT2D eigenvalue weighted by atomic mass is 10.1. The highest BCUT2D eigenvalue weighted by molar-refractivity contribution is 7.18. The van der Waals surface area contributed by atoms with Crippen LogP contribution in [0.2, 0.25) is 0 Å². The van der Waals surface area contributed by atoms with Gasteiger partial charge in [0.2, 0.25) is 0 Å². The minimum absolute atomic E-state index is 0.142. The third kappa shape index (κ3) is 4.54. The van der Waals surface area contributed by atoms with E-state index in [4.69, 9.17) is 4.42 Å². The molecule has 0 bridgehead atoms. The lowest BCUT2D eigenvalue weighted by Gasteiger charge is -2.18. The van der Waals surface area contributed by atoms with Crippen molar-refractivity contribution in [2.75, 3.05) is 29.9 Å². The Hall–Kier alpha value is -3.13. The van der Waals surface area contributed by atoms with Crippen LogP contribution in [0.15, 0.2) is 53.1 Å². The van der Waals surface area contributed by atoms with Gasteiger partial charge in [-0.2, -0.15) is 0 Å². The second kappa shape index (κ2) is 8.71. The molecule has 3 aromatic rings. The number of nitrogens with one attached hydrogen (secondary N) is 2. The molecule has 1 aromatic carbocycles. The standard InChI is InChI=1S/C22H22FN3O3S/c1-14-11-19(25-21(27)18-3-2-10-29-18)30-20(14)22(28)24-12-15-8-9-26(13-15)17-6-4-16(23)5-7-17/h2-7,10-11,15H,8-9,12-13H2,1H3,(H,24,28)(H,25,27). The number of halogens is 1. The zero-order valence-corrected chi connectivity index (χ0v) is 17.3. The normalized spacial score (nSPS) is 15.9. The Kier molecular flexibility index (Phi) is 5.85. The minimum Gasteiger partial charge on any atom is -0.459 e. The van der Waals surface area contributed by atoms with E-state index in [1.807, 2.05) is 6.92 Å². The van der Waals surface area contributed by atoms with E-state index in [0.29, 0.717) is 22.3 Å². The Balaban J connectivity index is 1.30. The van der Waals surface area contributed by atoms with Crippen molar-refractivity contribution in [3.8, 4) is 0 Å². The highest BCUT2D eigenvalue weighted by Gasteiger charge is 2.24. The van der Waals surface area contributed by atoms with Gasteiger partial charge in [0.05, 0.1) is 16.1 Å². The highest BCUT2D eigenvalue weighted by atomic mass is 32.1. The van der Waals surface area contributed by atoms with E-state index in [9.17, 15) is 14.0 Å². The van der Waals surface area contributed by atoms with Crippen LogP contribution in [0, 0.1) is 18.7 Å². The molecule has 2 amide bonds. The number of anilines is 2. The summed E-state index contributed by atoms with van der Waals surface area (Å²) in [5.41, 5.74) is 1.81. The molecule has 8 heteroatoms. The van der Waals surface area contributed by atoms with Gasteiger partial charge >= 0.3 is 0 Å². The predicted octanol–water partition coefficient (Wildman–Crippen LogP) is 4.30. The van der Waals surface area contributed by atoms with E-state index >= 15 is 0 Å². The number of benzene rings is 1. The van der Waals surface area contributed by atoms with E-state index in [-0.39, 0.29) is 23.4 Å². The first-order valence-electron chi connectivity index (χ1n) is 9.73. The van der Waals surface area contributed by atoms with Gasteiger partial charge in [0.25, 0.3) is 11.8 Å². The van der Waals surface area contributed by atoms with Crippen molar-refractivity contribution in [2.24, 2.45) is 5.92 Å². The van der Waals surface area contributed by atoms with Crippen LogP contribution in [0.25, 0.3) is 0 Å². The number of hydrogen-bond acceptors (Lipinski definition) is 5. The van der Waals surface area contributed by atoms with Crippen molar-refractivity contribution in [1.82, 2.24) is 5.32 Å². The van der Waals surface area contributed by atoms with E-state index in [0.717, 1.165) is 30.8 Å². The average Bonchev–Trinajstić information content (AvgIpc) is 3.48. The molecule has 1 atom stereocenters. The Labute approximate surface area is 177 Å². The van der Waals surface area contributed by atoms with Gasteiger partial charge in [-0.15, -0.1) is 11.3 Å². The van der Waals surface area contributed by atoms with E-state index in [1.165, 1.54) is 29.7 Å². The number of amides is 2. The van der Waals surface area contributed by atoms with Crippen LogP contribution in [0.4, 0.5) is 15.1 Å². The summed E-state index contributed by atoms with van der Waals surface area (Å²) in [4.78, 5) is 27.5. The average molecular weight is 428 g/mol. The topological polar surface area (TPSA) is 74.6 Å². The predicted molar refractivity (Wildman–Crippen MR) is 115 cm³/mol. The van der Waals surface area contributed by atoms with Crippen LogP contribution in [0.5, 0.6) is 0 Å². The number of thiophene rings is 1. The van der Waals surface area contributed by atoms with Crippen molar-refractivity contribution >= 4 is 33.8 Å². The van der Waals surface area contributed by atoms with Crippen LogP contribution in [0.1, 0.15) is 32.2 Å². The smallest absolute Gasteiger partial charge is 0.291 e. The quantitative estimate of drug-likeness (QED) is 0.615. The van der Waals surface area contributed by atoms with Gasteiger partial charge in [-0.3, -0.25) is 9.59 Å². The number of hydrogen-bond donors (Lipinski definition) is 2. The molecule has 1 saturated heterocycles. The molecule has 6 nitrogen and oxygen atoms in total. The molecule has 0 saturated carbocycles. The van der Waals surface area contributed by atoms with Gasteiger partial charge < -0.3 is 20.0 Å². The number of rotatable bonds is 6. The van der Waals surface area contributed by atoms with Crippen LogP contribution < -0.4 is 15.5 Å². The Morgan fingerprint density at radius 3 is 2.77 bits per heavy atom. The second-order valence-corrected chi connectivity index (χ2v) is 8.39. The molecule has 0 spiro atoms. The summed E-state index contributed by atoms with van der Waals surface area (Å²) in [6.45, 7) is 4.12. The van der Waals surface area contributed by atoms with Gasteiger partial charge in [-0.25, -0.2) is 4.39 Å². The number of furan rings is 1. The van der Waals surface area contributed by atoms with Gasteiger partial charge in [-0.05, 0) is 67.3 Å². The molecule has 2 aromatic heterocycles. The van der Waals surface area contributed by atoms with E-state index in [2.05, 4.69) is 15.5 Å². The summed E-state index contributed by atoms with van der Waals surface area (Å²) in [6, 6.07) is 11.5. The van der Waals surface area contributed by atoms with Gasteiger partial charge in [0, 0.05) is 25.3 Å². The Morgan fingerprint density at radius 2 is 2.03 bits per heavy atom. The second-order valence-electron chi connectivity index (χ2n) is 7.34. The first-order chi connectivity index (χ1) is 14.5. The number of aryl methyl sites for hydroxylation is 1. The summed E-state index contributed by atoms with van der Waals surface area (Å²) < 4.78 is 18.2. The largest absolute Gasteiger partial charge is 0.459 e. The number of nitrogens with zero attached hydrogens (tertiary/aromatic N) is 1. The zero-order valence-electron chi connectivity index (χ0n) is 16.5. The molecular formula is C22H22FN3O3S. The van der Waals surface area contributed by atoms with E-state index < -0.39 is 0 Å². The highest BCUT2D eigenvalue weighted by Crippen LogP contribution is 2.28. The van der Waals surface area contributed by atoms with Crippen molar-refractivity contribution in [1.29, 1.82) is 0 Å². The molecule has 156 valence electrons. The fourth-order valence-corrected chi connectivity index (χ4v) is 4.54. The molecular weight excluding hydrogens is 405 g/mol. The van der Waals surface area contributed by atoms with Crippen molar-refractivity contribution in [2.45, 2.75) is 13.3 Å². The van der Waals surface area contributed by atoms with Crippen LogP contribution in [0.3, 0.4) is 0 Å². The van der Waals surface area contributed by atoms with Crippen molar-refractivity contribution < 1.29 is 18.4 Å². The third-order valence-electron chi connectivity index (χ3n) is 5.13. The van der Waals surface area contributed by atoms with Crippen LogP contribution in [-0.2, 0) is 0 Å². The van der Waals surface area contributed by atoms with Crippen LogP contribution in [-0.4, -0.2) is 31.4 Å². The fraction of sp³-hybridized carbons (Fsp3) is 0.273. The Morgan fingerprint density at radius 1 is 1.23 bits per heavy atom. The summed E-state index contributed by atoms with van der Waals surface area (Å²) in [7, 11) is 0. The summed E-state index contributed by atoms with van der Waals surface area (Å²) >= 11 is 1.24. The molecule has 30 heavy (non-hydrogen) atoms. The molecule has 1 fully saturated rings. The first-order valence-corrected chi connectivity index (χ1v) is 10.6.